The van der Waals surface area contributed by atoms with Gasteiger partial charge in [0.2, 0.25) is 5.95 Å². The highest BCUT2D eigenvalue weighted by atomic mass is 15.3. The third kappa shape index (κ3) is 7.54. The second kappa shape index (κ2) is 18.2. The number of aromatic nitrogens is 7. The molecule has 0 spiro atoms. The number of fused-ring (bicyclic) bond motifs is 7. The summed E-state index contributed by atoms with van der Waals surface area (Å²) in [6.07, 6.45) is 15.0. The topological polar surface area (TPSA) is 85.5 Å². The molecule has 2 aliphatic carbocycles. The minimum atomic E-state index is -0.114. The van der Waals surface area contributed by atoms with Gasteiger partial charge in [-0.25, -0.2) is 19.9 Å². The maximum Gasteiger partial charge on any atom is 0.234 e. The number of hydrogen-bond donors (Lipinski definition) is 0. The van der Waals surface area contributed by atoms with Crippen molar-refractivity contribution in [2.45, 2.75) is 24.8 Å². The van der Waals surface area contributed by atoms with Crippen LogP contribution in [0.2, 0.25) is 0 Å². The summed E-state index contributed by atoms with van der Waals surface area (Å²) < 4.78 is 2.42. The molecule has 4 heterocycles. The Morgan fingerprint density at radius 3 is 1.69 bits per heavy atom. The van der Waals surface area contributed by atoms with Crippen LogP contribution >= 0.6 is 0 Å². The van der Waals surface area contributed by atoms with Crippen molar-refractivity contribution >= 4 is 44.6 Å². The van der Waals surface area contributed by atoms with Gasteiger partial charge in [0.25, 0.3) is 0 Å². The molecule has 0 saturated carbocycles. The molecule has 14 rings (SSSR count). The SMILES string of the molecule is C1=CC2c3ccc4c5ccccc5n(-c5ccccc5-c5nc(C6=CC=C(c7ccccc7)CC6)nc(-c6ccccc6)n5)c4c3N(c3nc(-c4ccccc4)nc(-c4cccc(-c5ccccc5)c4)n3)C2C=C1. The number of anilines is 2. The molecule has 0 bridgehead atoms. The monoisotopic (exact) mass is 950 g/mol. The van der Waals surface area contributed by atoms with Crippen LogP contribution in [0.25, 0.3) is 95.3 Å². The zero-order valence-electron chi connectivity index (χ0n) is 40.2. The fourth-order valence-corrected chi connectivity index (χ4v) is 11.1. The third-order valence-electron chi connectivity index (χ3n) is 14.6. The lowest BCUT2D eigenvalue weighted by atomic mass is 9.91. The van der Waals surface area contributed by atoms with Crippen molar-refractivity contribution in [2.24, 2.45) is 0 Å². The van der Waals surface area contributed by atoms with Crippen LogP contribution in [0.4, 0.5) is 11.6 Å². The van der Waals surface area contributed by atoms with Crippen molar-refractivity contribution in [1.82, 2.24) is 34.5 Å². The average molecular weight is 951 g/mol. The van der Waals surface area contributed by atoms with E-state index >= 15 is 0 Å². The van der Waals surface area contributed by atoms with E-state index in [-0.39, 0.29) is 12.0 Å². The molecule has 0 radical (unpaired) electrons. The molecule has 350 valence electrons. The van der Waals surface area contributed by atoms with Gasteiger partial charge in [-0.05, 0) is 70.5 Å². The Morgan fingerprint density at radius 1 is 0.392 bits per heavy atom. The Hall–Kier alpha value is -9.66. The first kappa shape index (κ1) is 43.2. The quantitative estimate of drug-likeness (QED) is 0.142. The van der Waals surface area contributed by atoms with Crippen LogP contribution in [0.3, 0.4) is 0 Å². The number of para-hydroxylation sites is 2. The first-order valence-electron chi connectivity index (χ1n) is 25.2. The normalized spacial score (nSPS) is 15.8. The number of hydrogen-bond acceptors (Lipinski definition) is 7. The van der Waals surface area contributed by atoms with Crippen molar-refractivity contribution < 1.29 is 0 Å². The van der Waals surface area contributed by atoms with E-state index in [0.29, 0.717) is 35.1 Å². The first-order chi connectivity index (χ1) is 36.7. The van der Waals surface area contributed by atoms with Crippen LogP contribution in [0.5, 0.6) is 0 Å². The van der Waals surface area contributed by atoms with E-state index in [1.165, 1.54) is 16.7 Å². The van der Waals surface area contributed by atoms with Crippen molar-refractivity contribution in [3.63, 3.8) is 0 Å². The zero-order chi connectivity index (χ0) is 49.0. The molecular weight excluding hydrogens is 905 g/mol. The highest BCUT2D eigenvalue weighted by Crippen LogP contribution is 2.53. The Balaban J connectivity index is 0.991. The zero-order valence-corrected chi connectivity index (χ0v) is 40.2. The standard InChI is InChI=1S/C66H46N8/c1-5-20-43(21-6-1)45-36-38-48(39-37-45)62-67-61(46-24-9-3-10-25-46)69-65(70-62)55-32-15-18-35-58(55)73-56-33-16-13-30-51(56)53-40-41-54-52-31-14-17-34-57(52)74(60(54)59(53)73)66-71-63(47-26-11-4-12-27-47)68-64(72-66)50-29-19-28-49(42-50)44-22-7-2-8-23-44/h1-36,38,40-42,52,57H,37,39H2. The van der Waals surface area contributed by atoms with Crippen molar-refractivity contribution in [3.05, 3.63) is 260 Å². The fourth-order valence-electron chi connectivity index (χ4n) is 11.1. The summed E-state index contributed by atoms with van der Waals surface area (Å²) in [7, 11) is 0. The third-order valence-corrected chi connectivity index (χ3v) is 14.6. The predicted molar refractivity (Wildman–Crippen MR) is 300 cm³/mol. The average Bonchev–Trinajstić information content (AvgIpc) is 4.02. The molecule has 0 N–H and O–H groups in total. The molecule has 3 aromatic heterocycles. The summed E-state index contributed by atoms with van der Waals surface area (Å²) in [5, 5.41) is 2.25. The summed E-state index contributed by atoms with van der Waals surface area (Å²) in [4.78, 5) is 34.4. The van der Waals surface area contributed by atoms with Crippen LogP contribution < -0.4 is 4.90 Å². The molecule has 8 nitrogen and oxygen atoms in total. The van der Waals surface area contributed by atoms with E-state index in [1.54, 1.807) is 0 Å². The van der Waals surface area contributed by atoms with E-state index in [2.05, 4.69) is 210 Å². The molecule has 2 atom stereocenters. The molecule has 0 amide bonds. The second-order valence-corrected chi connectivity index (χ2v) is 18.9. The van der Waals surface area contributed by atoms with E-state index < -0.39 is 0 Å². The highest BCUT2D eigenvalue weighted by molar-refractivity contribution is 6.15. The van der Waals surface area contributed by atoms with Crippen LogP contribution in [0.15, 0.2) is 243 Å². The van der Waals surface area contributed by atoms with E-state index in [0.717, 1.165) is 85.0 Å². The minimum Gasteiger partial charge on any atom is -0.306 e. The Bertz CT molecular complexity index is 4080. The number of allylic oxidation sites excluding steroid dienone is 6. The summed E-state index contributed by atoms with van der Waals surface area (Å²) in [5.74, 6) is 3.72. The van der Waals surface area contributed by atoms with Crippen LogP contribution in [-0.4, -0.2) is 40.5 Å². The van der Waals surface area contributed by atoms with Gasteiger partial charge in [0.1, 0.15) is 0 Å². The summed E-state index contributed by atoms with van der Waals surface area (Å²) in [6, 6.07) is 71.7. The summed E-state index contributed by atoms with van der Waals surface area (Å²) in [5.41, 5.74) is 14.8. The van der Waals surface area contributed by atoms with Gasteiger partial charge in [0.05, 0.1) is 28.5 Å². The Morgan fingerprint density at radius 2 is 0.946 bits per heavy atom. The van der Waals surface area contributed by atoms with E-state index in [9.17, 15) is 0 Å². The number of benzene rings is 8. The molecule has 2 unspecified atom stereocenters. The largest absolute Gasteiger partial charge is 0.306 e. The predicted octanol–water partition coefficient (Wildman–Crippen LogP) is 15.5. The molecule has 74 heavy (non-hydrogen) atoms. The van der Waals surface area contributed by atoms with Crippen molar-refractivity contribution in [3.8, 4) is 62.4 Å². The van der Waals surface area contributed by atoms with E-state index in [1.807, 2.05) is 42.5 Å². The van der Waals surface area contributed by atoms with Gasteiger partial charge in [-0.15, -0.1) is 0 Å². The van der Waals surface area contributed by atoms with Gasteiger partial charge in [0.15, 0.2) is 29.1 Å². The molecule has 1 aliphatic heterocycles. The second-order valence-electron chi connectivity index (χ2n) is 18.9. The van der Waals surface area contributed by atoms with Gasteiger partial charge in [-0.1, -0.05) is 218 Å². The number of nitrogens with zero attached hydrogens (tertiary/aromatic N) is 8. The van der Waals surface area contributed by atoms with Crippen molar-refractivity contribution in [1.29, 1.82) is 0 Å². The molecule has 8 aromatic carbocycles. The maximum atomic E-state index is 5.48. The van der Waals surface area contributed by atoms with Crippen LogP contribution in [0, 0.1) is 0 Å². The fraction of sp³-hybridized carbons (Fsp3) is 0.0606. The van der Waals surface area contributed by atoms with Crippen molar-refractivity contribution in [2.75, 3.05) is 4.90 Å². The molecular formula is C66H46N8. The van der Waals surface area contributed by atoms with Gasteiger partial charge in [-0.3, -0.25) is 0 Å². The van der Waals surface area contributed by atoms with Crippen LogP contribution in [-0.2, 0) is 0 Å². The van der Waals surface area contributed by atoms with Crippen LogP contribution in [0.1, 0.15) is 35.7 Å². The van der Waals surface area contributed by atoms with Gasteiger partial charge >= 0.3 is 0 Å². The lowest BCUT2D eigenvalue weighted by Crippen LogP contribution is -2.30. The van der Waals surface area contributed by atoms with Gasteiger partial charge < -0.3 is 9.47 Å². The minimum absolute atomic E-state index is 0.0302. The Kier molecular flexibility index (Phi) is 10.6. The highest BCUT2D eigenvalue weighted by Gasteiger charge is 2.42. The molecule has 3 aliphatic rings. The summed E-state index contributed by atoms with van der Waals surface area (Å²) >= 11 is 0. The molecule has 0 saturated heterocycles. The summed E-state index contributed by atoms with van der Waals surface area (Å²) in [6.45, 7) is 0. The van der Waals surface area contributed by atoms with Gasteiger partial charge in [-0.2, -0.15) is 9.97 Å². The molecule has 11 aromatic rings. The maximum absolute atomic E-state index is 5.48. The van der Waals surface area contributed by atoms with E-state index in [4.69, 9.17) is 29.9 Å². The smallest absolute Gasteiger partial charge is 0.234 e. The number of rotatable bonds is 9. The lowest BCUT2D eigenvalue weighted by Gasteiger charge is -2.28. The lowest BCUT2D eigenvalue weighted by molar-refractivity contribution is 0.728. The molecule has 0 fully saturated rings. The van der Waals surface area contributed by atoms with Gasteiger partial charge in [0, 0.05) is 38.9 Å². The molecule has 8 heteroatoms. The first-order valence-corrected chi connectivity index (χ1v) is 25.2. The Labute approximate surface area is 428 Å².